The minimum absolute atomic E-state index is 0.247. The molecule has 2 N–H and O–H groups in total. The maximum atomic E-state index is 12.2. The van der Waals surface area contributed by atoms with Crippen LogP contribution in [-0.4, -0.2) is 33.5 Å². The molecule has 0 saturated carbocycles. The Labute approximate surface area is 154 Å². The molecule has 6 nitrogen and oxygen atoms in total. The van der Waals surface area contributed by atoms with E-state index in [1.54, 1.807) is 24.3 Å². The summed E-state index contributed by atoms with van der Waals surface area (Å²) in [6.45, 7) is 0.247. The van der Waals surface area contributed by atoms with Crippen LogP contribution in [0.4, 0.5) is 18.9 Å². The van der Waals surface area contributed by atoms with E-state index in [0.717, 1.165) is 24.0 Å². The Morgan fingerprint density at radius 2 is 1.63 bits per heavy atom. The van der Waals surface area contributed by atoms with Crippen LogP contribution in [-0.2, 0) is 16.4 Å². The van der Waals surface area contributed by atoms with Crippen LogP contribution in [0.5, 0.6) is 5.75 Å². The largest absolute Gasteiger partial charge is 0.573 e. The lowest BCUT2D eigenvalue weighted by Crippen LogP contribution is -2.24. The Kier molecular flexibility index (Phi) is 6.45. The summed E-state index contributed by atoms with van der Waals surface area (Å²) in [6.07, 6.45) is -3.23. The Morgan fingerprint density at radius 1 is 1.04 bits per heavy atom. The predicted octanol–water partition coefficient (Wildman–Crippen LogP) is 2.93. The zero-order valence-corrected chi connectivity index (χ0v) is 15.0. The first kappa shape index (κ1) is 20.7. The number of sulfonamides is 1. The molecule has 0 aromatic heterocycles. The van der Waals surface area contributed by atoms with E-state index in [0.29, 0.717) is 17.7 Å². The maximum absolute atomic E-state index is 12.2. The summed E-state index contributed by atoms with van der Waals surface area (Å²) in [5.74, 6) is -0.812. The average Bonchev–Trinajstić information content (AvgIpc) is 2.55. The van der Waals surface area contributed by atoms with Crippen molar-refractivity contribution in [3.8, 4) is 5.75 Å². The van der Waals surface area contributed by atoms with Gasteiger partial charge in [0.1, 0.15) is 5.75 Å². The lowest BCUT2D eigenvalue weighted by Gasteiger charge is -2.10. The van der Waals surface area contributed by atoms with Gasteiger partial charge < -0.3 is 10.1 Å². The fourth-order valence-electron chi connectivity index (χ4n) is 2.15. The van der Waals surface area contributed by atoms with E-state index < -0.39 is 22.3 Å². The zero-order valence-electron chi connectivity index (χ0n) is 14.2. The van der Waals surface area contributed by atoms with Gasteiger partial charge in [-0.3, -0.25) is 4.79 Å². The molecule has 10 heteroatoms. The van der Waals surface area contributed by atoms with Crippen LogP contribution in [0.25, 0.3) is 0 Å². The third kappa shape index (κ3) is 7.67. The number of hydrogen-bond acceptors (Lipinski definition) is 4. The first-order valence-electron chi connectivity index (χ1n) is 7.72. The highest BCUT2D eigenvalue weighted by Gasteiger charge is 2.30. The molecule has 27 heavy (non-hydrogen) atoms. The van der Waals surface area contributed by atoms with E-state index >= 15 is 0 Å². The van der Waals surface area contributed by atoms with Crippen LogP contribution < -0.4 is 14.8 Å². The van der Waals surface area contributed by atoms with Gasteiger partial charge in [-0.2, -0.15) is 0 Å². The molecule has 0 aliphatic carbocycles. The summed E-state index contributed by atoms with van der Waals surface area (Å²) in [4.78, 5) is 12.2. The number of amides is 1. The molecule has 0 aliphatic rings. The molecule has 0 saturated heterocycles. The van der Waals surface area contributed by atoms with Crippen LogP contribution >= 0.6 is 0 Å². The third-order valence-electron chi connectivity index (χ3n) is 3.34. The van der Waals surface area contributed by atoms with Gasteiger partial charge in [0.15, 0.2) is 0 Å². The average molecular weight is 402 g/mol. The Bertz CT molecular complexity index is 880. The fraction of sp³-hybridized carbons (Fsp3) is 0.235. The Morgan fingerprint density at radius 3 is 2.15 bits per heavy atom. The van der Waals surface area contributed by atoms with E-state index in [2.05, 4.69) is 14.8 Å². The molecule has 2 rings (SSSR count). The number of carbonyl (C=O) groups excluding carboxylic acids is 1. The summed E-state index contributed by atoms with van der Waals surface area (Å²) < 4.78 is 64.5. The topological polar surface area (TPSA) is 84.5 Å². The minimum Gasteiger partial charge on any atom is -0.406 e. The molecule has 0 unspecified atom stereocenters. The van der Waals surface area contributed by atoms with Crippen molar-refractivity contribution in [1.82, 2.24) is 4.72 Å². The minimum atomic E-state index is -4.77. The second-order valence-corrected chi connectivity index (χ2v) is 7.47. The molecule has 0 fully saturated rings. The number of nitrogens with one attached hydrogen (secondary N) is 2. The number of anilines is 1. The number of hydrogen-bond donors (Lipinski definition) is 2. The Balaban J connectivity index is 1.92. The molecule has 146 valence electrons. The molecule has 0 atom stereocenters. The molecule has 0 bridgehead atoms. The molecular formula is C17H17F3N2O4S. The maximum Gasteiger partial charge on any atom is 0.573 e. The van der Waals surface area contributed by atoms with Crippen LogP contribution in [0.15, 0.2) is 48.5 Å². The summed E-state index contributed by atoms with van der Waals surface area (Å²) in [6, 6.07) is 11.3. The first-order chi connectivity index (χ1) is 12.5. The van der Waals surface area contributed by atoms with E-state index in [1.165, 1.54) is 12.1 Å². The van der Waals surface area contributed by atoms with Crippen molar-refractivity contribution in [2.24, 2.45) is 0 Å². The van der Waals surface area contributed by atoms with Crippen molar-refractivity contribution >= 4 is 21.6 Å². The molecular weight excluding hydrogens is 385 g/mol. The standard InChI is InChI=1S/C17H17F3N2O4S/c1-27(24,25)21-11-10-12-2-4-13(5-3-12)16(23)22-14-6-8-15(9-7-14)26-17(18,19)20/h2-9,21H,10-11H2,1H3,(H,22,23). The van der Waals surface area contributed by atoms with Gasteiger partial charge in [-0.05, 0) is 48.4 Å². The van der Waals surface area contributed by atoms with Crippen molar-refractivity contribution in [2.75, 3.05) is 18.1 Å². The van der Waals surface area contributed by atoms with Crippen LogP contribution in [0.2, 0.25) is 0 Å². The van der Waals surface area contributed by atoms with E-state index in [9.17, 15) is 26.4 Å². The fourth-order valence-corrected chi connectivity index (χ4v) is 2.62. The zero-order chi connectivity index (χ0) is 20.1. The molecule has 2 aromatic rings. The van der Waals surface area contributed by atoms with Gasteiger partial charge in [-0.15, -0.1) is 13.2 Å². The normalized spacial score (nSPS) is 11.9. The summed E-state index contributed by atoms with van der Waals surface area (Å²) in [7, 11) is -3.25. The monoisotopic (exact) mass is 402 g/mol. The number of alkyl halides is 3. The smallest absolute Gasteiger partial charge is 0.406 e. The summed E-state index contributed by atoms with van der Waals surface area (Å²) >= 11 is 0. The lowest BCUT2D eigenvalue weighted by atomic mass is 10.1. The molecule has 0 radical (unpaired) electrons. The highest BCUT2D eigenvalue weighted by molar-refractivity contribution is 7.88. The summed E-state index contributed by atoms with van der Waals surface area (Å²) in [5, 5.41) is 2.56. The van der Waals surface area contributed by atoms with Gasteiger partial charge in [0, 0.05) is 17.8 Å². The van der Waals surface area contributed by atoms with Crippen LogP contribution in [0.3, 0.4) is 0 Å². The third-order valence-corrected chi connectivity index (χ3v) is 4.07. The predicted molar refractivity (Wildman–Crippen MR) is 94.1 cm³/mol. The van der Waals surface area contributed by atoms with Crippen molar-refractivity contribution in [3.63, 3.8) is 0 Å². The first-order valence-corrected chi connectivity index (χ1v) is 9.62. The second kappa shape index (κ2) is 8.40. The van der Waals surface area contributed by atoms with E-state index in [1.807, 2.05) is 0 Å². The molecule has 0 aliphatic heterocycles. The van der Waals surface area contributed by atoms with Gasteiger partial charge in [0.2, 0.25) is 10.0 Å². The number of ether oxygens (including phenoxy) is 1. The van der Waals surface area contributed by atoms with Gasteiger partial charge in [-0.25, -0.2) is 13.1 Å². The lowest BCUT2D eigenvalue weighted by molar-refractivity contribution is -0.274. The number of benzene rings is 2. The van der Waals surface area contributed by atoms with Crippen molar-refractivity contribution < 1.29 is 31.1 Å². The number of halogens is 3. The molecule has 0 heterocycles. The molecule has 0 spiro atoms. The van der Waals surface area contributed by atoms with Gasteiger partial charge in [0.05, 0.1) is 6.26 Å². The van der Waals surface area contributed by atoms with Crippen LogP contribution in [0.1, 0.15) is 15.9 Å². The van der Waals surface area contributed by atoms with Gasteiger partial charge >= 0.3 is 6.36 Å². The van der Waals surface area contributed by atoms with Crippen LogP contribution in [0, 0.1) is 0 Å². The van der Waals surface area contributed by atoms with Crippen molar-refractivity contribution in [2.45, 2.75) is 12.8 Å². The highest BCUT2D eigenvalue weighted by Crippen LogP contribution is 2.24. The molecule has 2 aromatic carbocycles. The van der Waals surface area contributed by atoms with Gasteiger partial charge in [-0.1, -0.05) is 12.1 Å². The highest BCUT2D eigenvalue weighted by atomic mass is 32.2. The SMILES string of the molecule is CS(=O)(=O)NCCc1ccc(C(=O)Nc2ccc(OC(F)(F)F)cc2)cc1. The number of carbonyl (C=O) groups is 1. The van der Waals surface area contributed by atoms with Crippen molar-refractivity contribution in [3.05, 3.63) is 59.7 Å². The van der Waals surface area contributed by atoms with Gasteiger partial charge in [0.25, 0.3) is 5.91 Å². The van der Waals surface area contributed by atoms with E-state index in [4.69, 9.17) is 0 Å². The quantitative estimate of drug-likeness (QED) is 0.746. The summed E-state index contributed by atoms with van der Waals surface area (Å²) in [5.41, 5.74) is 1.51. The molecule has 1 amide bonds. The number of rotatable bonds is 7. The second-order valence-electron chi connectivity index (χ2n) is 5.64. The van der Waals surface area contributed by atoms with Crippen molar-refractivity contribution in [1.29, 1.82) is 0 Å². The van der Waals surface area contributed by atoms with E-state index in [-0.39, 0.29) is 12.3 Å². The Hall–Kier alpha value is -2.59.